The fourth-order valence-corrected chi connectivity index (χ4v) is 2.89. The minimum atomic E-state index is -4.53. The molecule has 0 unspecified atom stereocenters. The maximum absolute atomic E-state index is 13.2. The first-order valence-electron chi connectivity index (χ1n) is 7.90. The summed E-state index contributed by atoms with van der Waals surface area (Å²) >= 11 is 0. The van der Waals surface area contributed by atoms with Gasteiger partial charge in [0, 0.05) is 26.2 Å². The van der Waals surface area contributed by atoms with Gasteiger partial charge < -0.3 is 14.5 Å². The summed E-state index contributed by atoms with van der Waals surface area (Å²) in [6.07, 6.45) is -6.89. The van der Waals surface area contributed by atoms with Crippen LogP contribution in [0.3, 0.4) is 0 Å². The van der Waals surface area contributed by atoms with Gasteiger partial charge in [-0.25, -0.2) is 0 Å². The van der Waals surface area contributed by atoms with E-state index in [2.05, 4.69) is 15.0 Å². The van der Waals surface area contributed by atoms with Crippen molar-refractivity contribution in [2.75, 3.05) is 26.2 Å². The first-order valence-corrected chi connectivity index (χ1v) is 7.90. The Morgan fingerprint density at radius 2 is 1.88 bits per heavy atom. The summed E-state index contributed by atoms with van der Waals surface area (Å²) in [5, 5.41) is 3.24. The second-order valence-electron chi connectivity index (χ2n) is 5.74. The molecule has 0 radical (unpaired) electrons. The van der Waals surface area contributed by atoms with Gasteiger partial charge in [0.2, 0.25) is 0 Å². The molecule has 0 amide bonds. The molecule has 0 saturated carbocycles. The van der Waals surface area contributed by atoms with E-state index in [-0.39, 0.29) is 11.8 Å². The lowest BCUT2D eigenvalue weighted by Gasteiger charge is -2.34. The number of nitrogens with one attached hydrogen (secondary N) is 1. The highest BCUT2D eigenvalue weighted by molar-refractivity contribution is 5.34. The molecule has 0 aliphatic carbocycles. The van der Waals surface area contributed by atoms with Gasteiger partial charge in [-0.3, -0.25) is 4.90 Å². The lowest BCUT2D eigenvalue weighted by molar-refractivity contribution is -0.253. The van der Waals surface area contributed by atoms with Crippen LogP contribution in [0.15, 0.2) is 47.1 Å². The number of furan rings is 1. The van der Waals surface area contributed by atoms with E-state index in [1.807, 2.05) is 0 Å². The molecule has 0 spiro atoms. The first-order chi connectivity index (χ1) is 12.0. The van der Waals surface area contributed by atoms with Crippen molar-refractivity contribution >= 4 is 0 Å². The molecule has 2 aromatic rings. The van der Waals surface area contributed by atoms with Gasteiger partial charge in [0.15, 0.2) is 0 Å². The number of hydrogen-bond donors (Lipinski definition) is 1. The Balaban J connectivity index is 1.90. The number of piperazine rings is 1. The third kappa shape index (κ3) is 4.13. The summed E-state index contributed by atoms with van der Waals surface area (Å²) in [5.41, 5.74) is 0.638. The monoisotopic (exact) mass is 358 g/mol. The van der Waals surface area contributed by atoms with Crippen LogP contribution in [0.4, 0.5) is 17.6 Å². The normalized spacial score (nSPS) is 17.6. The van der Waals surface area contributed by atoms with Crippen molar-refractivity contribution in [1.29, 1.82) is 0 Å². The number of benzene rings is 1. The molecule has 8 heteroatoms. The Labute approximate surface area is 142 Å². The zero-order chi connectivity index (χ0) is 17.9. The number of alkyl halides is 4. The van der Waals surface area contributed by atoms with E-state index in [1.54, 1.807) is 18.2 Å². The summed E-state index contributed by atoms with van der Waals surface area (Å²) in [7, 11) is 0. The average Bonchev–Trinajstić information content (AvgIpc) is 3.10. The quantitative estimate of drug-likeness (QED) is 0.802. The molecule has 1 aromatic carbocycles. The van der Waals surface area contributed by atoms with Crippen LogP contribution in [0, 0.1) is 0 Å². The maximum Gasteiger partial charge on any atom is 0.461 e. The van der Waals surface area contributed by atoms with Crippen molar-refractivity contribution < 1.29 is 26.7 Å². The molecule has 1 N–H and O–H groups in total. The number of ether oxygens (including phenoxy) is 1. The summed E-state index contributed by atoms with van der Waals surface area (Å²) in [6, 6.07) is 9.07. The SMILES string of the molecule is FC(F)C(F)(F)Oc1cccc([C@@H](c2ccco2)N2CCNCC2)c1. The van der Waals surface area contributed by atoms with Crippen LogP contribution in [0.2, 0.25) is 0 Å². The number of halogens is 4. The fraction of sp³-hybridized carbons (Fsp3) is 0.412. The van der Waals surface area contributed by atoms with E-state index >= 15 is 0 Å². The Kier molecular flexibility index (Phi) is 5.29. The highest BCUT2D eigenvalue weighted by atomic mass is 19.3. The van der Waals surface area contributed by atoms with Gasteiger partial charge in [0.25, 0.3) is 0 Å². The first kappa shape index (κ1) is 17.8. The number of nitrogens with zero attached hydrogens (tertiary/aromatic N) is 1. The fourth-order valence-electron chi connectivity index (χ4n) is 2.89. The van der Waals surface area contributed by atoms with Crippen molar-refractivity contribution in [2.24, 2.45) is 0 Å². The molecule has 0 bridgehead atoms. The molecule has 4 nitrogen and oxygen atoms in total. The van der Waals surface area contributed by atoms with Crippen molar-refractivity contribution in [2.45, 2.75) is 18.6 Å². The summed E-state index contributed by atoms with van der Waals surface area (Å²) in [4.78, 5) is 2.14. The van der Waals surface area contributed by atoms with Crippen molar-refractivity contribution in [3.05, 3.63) is 54.0 Å². The van der Waals surface area contributed by atoms with E-state index in [0.717, 1.165) is 26.2 Å². The smallest absolute Gasteiger partial charge is 0.461 e. The molecule has 2 heterocycles. The van der Waals surface area contributed by atoms with Gasteiger partial charge in [-0.1, -0.05) is 12.1 Å². The molecular formula is C17H18F4N2O2. The van der Waals surface area contributed by atoms with Crippen LogP contribution < -0.4 is 10.1 Å². The lowest BCUT2D eigenvalue weighted by atomic mass is 10.0. The van der Waals surface area contributed by atoms with Gasteiger partial charge in [0.05, 0.1) is 12.3 Å². The predicted molar refractivity (Wildman–Crippen MR) is 83.0 cm³/mol. The summed E-state index contributed by atoms with van der Waals surface area (Å²) in [6.45, 7) is 3.06. The molecule has 1 aromatic heterocycles. The molecular weight excluding hydrogens is 340 g/mol. The number of rotatable bonds is 6. The molecule has 25 heavy (non-hydrogen) atoms. The second-order valence-corrected chi connectivity index (χ2v) is 5.74. The Bertz CT molecular complexity index is 673. The van der Waals surface area contributed by atoms with Gasteiger partial charge in [-0.15, -0.1) is 0 Å². The Morgan fingerprint density at radius 1 is 1.12 bits per heavy atom. The van der Waals surface area contributed by atoms with E-state index < -0.39 is 12.5 Å². The van der Waals surface area contributed by atoms with Crippen LogP contribution in [-0.2, 0) is 0 Å². The van der Waals surface area contributed by atoms with Gasteiger partial charge in [-0.05, 0) is 29.8 Å². The molecule has 136 valence electrons. The van der Waals surface area contributed by atoms with Crippen molar-refractivity contribution in [3.8, 4) is 5.75 Å². The summed E-state index contributed by atoms with van der Waals surface area (Å²) < 4.78 is 60.8. The number of hydrogen-bond acceptors (Lipinski definition) is 4. The zero-order valence-electron chi connectivity index (χ0n) is 13.3. The van der Waals surface area contributed by atoms with Gasteiger partial charge in [-0.2, -0.15) is 17.6 Å². The van der Waals surface area contributed by atoms with Crippen LogP contribution >= 0.6 is 0 Å². The van der Waals surface area contributed by atoms with Crippen LogP contribution in [0.1, 0.15) is 17.4 Å². The topological polar surface area (TPSA) is 37.6 Å². The van der Waals surface area contributed by atoms with E-state index in [4.69, 9.17) is 4.42 Å². The molecule has 1 atom stereocenters. The minimum absolute atomic E-state index is 0.305. The van der Waals surface area contributed by atoms with Gasteiger partial charge >= 0.3 is 12.5 Å². The summed E-state index contributed by atoms with van der Waals surface area (Å²) in [5.74, 6) is 0.342. The minimum Gasteiger partial charge on any atom is -0.467 e. The van der Waals surface area contributed by atoms with Crippen molar-refractivity contribution in [3.63, 3.8) is 0 Å². The Morgan fingerprint density at radius 3 is 2.52 bits per heavy atom. The van der Waals surface area contributed by atoms with E-state index in [0.29, 0.717) is 11.3 Å². The molecule has 1 saturated heterocycles. The zero-order valence-corrected chi connectivity index (χ0v) is 13.3. The van der Waals surface area contributed by atoms with Gasteiger partial charge in [0.1, 0.15) is 11.5 Å². The maximum atomic E-state index is 13.2. The highest BCUT2D eigenvalue weighted by Gasteiger charge is 2.44. The lowest BCUT2D eigenvalue weighted by Crippen LogP contribution is -2.45. The van der Waals surface area contributed by atoms with E-state index in [9.17, 15) is 17.6 Å². The average molecular weight is 358 g/mol. The molecule has 3 rings (SSSR count). The second kappa shape index (κ2) is 7.45. The highest BCUT2D eigenvalue weighted by Crippen LogP contribution is 2.33. The predicted octanol–water partition coefficient (Wildman–Crippen LogP) is 3.51. The molecule has 1 aliphatic rings. The van der Waals surface area contributed by atoms with Crippen LogP contribution in [-0.4, -0.2) is 43.6 Å². The third-order valence-corrected chi connectivity index (χ3v) is 4.01. The third-order valence-electron chi connectivity index (χ3n) is 4.01. The Hall–Kier alpha value is -2.06. The standard InChI is InChI=1S/C17H18F4N2O2/c18-16(19)17(20,21)25-13-4-1-3-12(11-13)15(14-5-2-10-24-14)23-8-6-22-7-9-23/h1-5,10-11,15-16,22H,6-9H2/t15-/m0/s1. The van der Waals surface area contributed by atoms with Crippen LogP contribution in [0.25, 0.3) is 0 Å². The molecule has 1 fully saturated rings. The van der Waals surface area contributed by atoms with Crippen molar-refractivity contribution in [1.82, 2.24) is 10.2 Å². The van der Waals surface area contributed by atoms with Crippen LogP contribution in [0.5, 0.6) is 5.75 Å². The largest absolute Gasteiger partial charge is 0.467 e. The molecule has 1 aliphatic heterocycles. The van der Waals surface area contributed by atoms with E-state index in [1.165, 1.54) is 24.5 Å².